The summed E-state index contributed by atoms with van der Waals surface area (Å²) in [6.45, 7) is 1.87. The largest absolute Gasteiger partial charge is 0.509 e. The molecule has 2 heterocycles. The van der Waals surface area contributed by atoms with Crippen LogP contribution in [0.3, 0.4) is 0 Å². The van der Waals surface area contributed by atoms with Crippen molar-refractivity contribution in [3.63, 3.8) is 0 Å². The van der Waals surface area contributed by atoms with Gasteiger partial charge in [-0.15, -0.1) is 0 Å². The maximum atomic E-state index is 13.2. The van der Waals surface area contributed by atoms with Crippen LogP contribution in [0.25, 0.3) is 0 Å². The molecular formula is C20H21N7O4. The Labute approximate surface area is 178 Å². The summed E-state index contributed by atoms with van der Waals surface area (Å²) >= 11 is 0. The number of nitrogens with zero attached hydrogens (tertiary/aromatic N) is 5. The van der Waals surface area contributed by atoms with Crippen LogP contribution in [0.1, 0.15) is 18.9 Å². The number of hydrogen-bond acceptors (Lipinski definition) is 7. The van der Waals surface area contributed by atoms with Gasteiger partial charge < -0.3 is 15.7 Å². The number of aromatic nitrogens is 2. The van der Waals surface area contributed by atoms with Crippen molar-refractivity contribution in [2.24, 2.45) is 7.05 Å². The standard InChI is InChI=1S/C20H21N7O4/c1-3-9-22-20(31)27-19(30)17(18(29)23-16-8-10-25(2)24-16)15(28)12-26(27)14-6-4-13(11-21)5-7-14/h4-8,10,28H,3,9,12H2,1-2H3,(H,22,31)(H,23,24,29). The van der Waals surface area contributed by atoms with Crippen LogP contribution in [0.4, 0.5) is 16.3 Å². The third-order valence-corrected chi connectivity index (χ3v) is 4.43. The van der Waals surface area contributed by atoms with Gasteiger partial charge in [-0.05, 0) is 30.7 Å². The fourth-order valence-corrected chi connectivity index (χ4v) is 2.94. The fraction of sp³-hybridized carbons (Fsp3) is 0.250. The van der Waals surface area contributed by atoms with E-state index in [-0.39, 0.29) is 12.4 Å². The summed E-state index contributed by atoms with van der Waals surface area (Å²) in [7, 11) is 1.66. The van der Waals surface area contributed by atoms with Crippen LogP contribution in [-0.2, 0) is 16.6 Å². The molecule has 0 radical (unpaired) electrons. The minimum atomic E-state index is -0.991. The summed E-state index contributed by atoms with van der Waals surface area (Å²) in [5, 5.41) is 30.6. The molecule has 160 valence electrons. The van der Waals surface area contributed by atoms with E-state index in [1.807, 2.05) is 13.0 Å². The first-order valence-corrected chi connectivity index (χ1v) is 9.48. The minimum Gasteiger partial charge on any atom is -0.509 e. The van der Waals surface area contributed by atoms with Crippen LogP contribution in [-0.4, -0.2) is 50.8 Å². The van der Waals surface area contributed by atoms with Gasteiger partial charge in [-0.1, -0.05) is 6.92 Å². The average Bonchev–Trinajstić information content (AvgIpc) is 3.16. The van der Waals surface area contributed by atoms with Crippen molar-refractivity contribution in [3.05, 3.63) is 53.4 Å². The highest BCUT2D eigenvalue weighted by Gasteiger charge is 2.40. The second-order valence-corrected chi connectivity index (χ2v) is 6.72. The first kappa shape index (κ1) is 21.4. The molecule has 0 fully saturated rings. The third kappa shape index (κ3) is 4.48. The van der Waals surface area contributed by atoms with Gasteiger partial charge in [-0.3, -0.25) is 19.3 Å². The molecule has 0 bridgehead atoms. The van der Waals surface area contributed by atoms with Gasteiger partial charge in [-0.2, -0.15) is 15.4 Å². The third-order valence-electron chi connectivity index (χ3n) is 4.43. The Bertz CT molecular complexity index is 1080. The SMILES string of the molecule is CCCNC(=O)N1C(=O)C(C(=O)Nc2ccn(C)n2)=C(O)CN1c1ccc(C#N)cc1. The lowest BCUT2D eigenvalue weighted by Gasteiger charge is -2.38. The molecule has 0 atom stereocenters. The second kappa shape index (κ2) is 9.00. The normalized spacial score (nSPS) is 13.8. The molecule has 1 aliphatic heterocycles. The van der Waals surface area contributed by atoms with Crippen molar-refractivity contribution in [2.45, 2.75) is 13.3 Å². The van der Waals surface area contributed by atoms with Crippen molar-refractivity contribution in [1.82, 2.24) is 20.1 Å². The highest BCUT2D eigenvalue weighted by molar-refractivity contribution is 6.26. The van der Waals surface area contributed by atoms with E-state index in [1.54, 1.807) is 13.2 Å². The number of aliphatic hydroxyl groups excluding tert-OH is 1. The summed E-state index contributed by atoms with van der Waals surface area (Å²) < 4.78 is 1.46. The van der Waals surface area contributed by atoms with Crippen molar-refractivity contribution < 1.29 is 19.5 Å². The molecule has 31 heavy (non-hydrogen) atoms. The summed E-state index contributed by atoms with van der Waals surface area (Å²) in [5.41, 5.74) is 0.223. The Morgan fingerprint density at radius 3 is 2.55 bits per heavy atom. The molecule has 0 spiro atoms. The number of nitriles is 1. The van der Waals surface area contributed by atoms with Crippen molar-refractivity contribution >= 4 is 29.4 Å². The molecule has 1 aromatic carbocycles. The van der Waals surface area contributed by atoms with E-state index < -0.39 is 29.2 Å². The predicted octanol–water partition coefficient (Wildman–Crippen LogP) is 1.43. The summed E-state index contributed by atoms with van der Waals surface area (Å²) in [4.78, 5) is 38.6. The molecular weight excluding hydrogens is 402 g/mol. The Hall–Kier alpha value is -4.33. The molecule has 2 aromatic rings. The zero-order valence-corrected chi connectivity index (χ0v) is 17.0. The number of rotatable bonds is 5. The van der Waals surface area contributed by atoms with E-state index in [9.17, 15) is 19.5 Å². The quantitative estimate of drug-likeness (QED) is 0.617. The number of amides is 4. The van der Waals surface area contributed by atoms with E-state index >= 15 is 0 Å². The van der Waals surface area contributed by atoms with Crippen LogP contribution in [0.15, 0.2) is 47.9 Å². The Kier molecular flexibility index (Phi) is 6.21. The number of aliphatic hydroxyl groups is 1. The van der Waals surface area contributed by atoms with Gasteiger partial charge in [-0.25, -0.2) is 4.79 Å². The number of carbonyl (C=O) groups is 3. The number of imide groups is 1. The first-order chi connectivity index (χ1) is 14.8. The highest BCUT2D eigenvalue weighted by atomic mass is 16.3. The molecule has 1 aromatic heterocycles. The average molecular weight is 423 g/mol. The number of benzene rings is 1. The predicted molar refractivity (Wildman–Crippen MR) is 111 cm³/mol. The molecule has 0 aliphatic carbocycles. The monoisotopic (exact) mass is 423 g/mol. The topological polar surface area (TPSA) is 144 Å². The van der Waals surface area contributed by atoms with Crippen LogP contribution < -0.4 is 15.6 Å². The molecule has 0 saturated heterocycles. The maximum absolute atomic E-state index is 13.2. The van der Waals surface area contributed by atoms with Gasteiger partial charge in [0.15, 0.2) is 5.82 Å². The van der Waals surface area contributed by atoms with E-state index in [2.05, 4.69) is 15.7 Å². The second-order valence-electron chi connectivity index (χ2n) is 6.72. The highest BCUT2D eigenvalue weighted by Crippen LogP contribution is 2.26. The van der Waals surface area contributed by atoms with E-state index in [1.165, 1.54) is 40.0 Å². The van der Waals surface area contributed by atoms with Gasteiger partial charge in [0.2, 0.25) is 0 Å². The summed E-state index contributed by atoms with van der Waals surface area (Å²) in [6.07, 6.45) is 2.24. The molecule has 11 heteroatoms. The van der Waals surface area contributed by atoms with Gasteiger partial charge in [0.1, 0.15) is 11.3 Å². The summed E-state index contributed by atoms with van der Waals surface area (Å²) in [5.74, 6) is -2.18. The van der Waals surface area contributed by atoms with Crippen molar-refractivity contribution in [1.29, 1.82) is 5.26 Å². The number of anilines is 2. The first-order valence-electron chi connectivity index (χ1n) is 9.48. The molecule has 0 saturated carbocycles. The van der Waals surface area contributed by atoms with Gasteiger partial charge in [0, 0.05) is 25.9 Å². The number of hydrogen-bond donors (Lipinski definition) is 3. The van der Waals surface area contributed by atoms with Gasteiger partial charge in [0.25, 0.3) is 11.8 Å². The fourth-order valence-electron chi connectivity index (χ4n) is 2.94. The molecule has 0 unspecified atom stereocenters. The molecule has 3 rings (SSSR count). The van der Waals surface area contributed by atoms with Gasteiger partial charge >= 0.3 is 6.03 Å². The summed E-state index contributed by atoms with van der Waals surface area (Å²) in [6, 6.07) is 8.89. The minimum absolute atomic E-state index is 0.192. The van der Waals surface area contributed by atoms with Gasteiger partial charge in [0.05, 0.1) is 23.9 Å². The number of aryl methyl sites for hydroxylation is 1. The number of hydrazine groups is 1. The zero-order valence-electron chi connectivity index (χ0n) is 17.0. The number of nitrogens with one attached hydrogen (secondary N) is 2. The lowest BCUT2D eigenvalue weighted by Crippen LogP contribution is -2.59. The van der Waals surface area contributed by atoms with E-state index in [0.717, 1.165) is 5.01 Å². The molecule has 4 amide bonds. The van der Waals surface area contributed by atoms with Crippen molar-refractivity contribution in [2.75, 3.05) is 23.4 Å². The smallest absolute Gasteiger partial charge is 0.343 e. The Morgan fingerprint density at radius 1 is 1.26 bits per heavy atom. The molecule has 11 nitrogen and oxygen atoms in total. The van der Waals surface area contributed by atoms with E-state index in [0.29, 0.717) is 24.2 Å². The number of carbonyl (C=O) groups excluding carboxylic acids is 3. The number of urea groups is 1. The van der Waals surface area contributed by atoms with Crippen LogP contribution in [0.2, 0.25) is 0 Å². The Morgan fingerprint density at radius 2 is 1.97 bits per heavy atom. The lowest BCUT2D eigenvalue weighted by atomic mass is 10.1. The molecule has 1 aliphatic rings. The lowest BCUT2D eigenvalue weighted by molar-refractivity contribution is -0.128. The molecule has 3 N–H and O–H groups in total. The van der Waals surface area contributed by atoms with Crippen LogP contribution in [0, 0.1) is 11.3 Å². The van der Waals surface area contributed by atoms with Crippen LogP contribution >= 0.6 is 0 Å². The zero-order chi connectivity index (χ0) is 22.5. The maximum Gasteiger partial charge on any atom is 0.343 e. The Balaban J connectivity index is 1.96. The van der Waals surface area contributed by atoms with Crippen LogP contribution in [0.5, 0.6) is 0 Å². The van der Waals surface area contributed by atoms with E-state index in [4.69, 9.17) is 5.26 Å². The van der Waals surface area contributed by atoms with Crippen molar-refractivity contribution in [3.8, 4) is 6.07 Å².